The van der Waals surface area contributed by atoms with Gasteiger partial charge in [0.2, 0.25) is 0 Å². The smallest absolute Gasteiger partial charge is 0.294 e. The monoisotopic (exact) mass is 226 g/mol. The molecule has 6 heteroatoms. The van der Waals surface area contributed by atoms with E-state index >= 15 is 0 Å². The van der Waals surface area contributed by atoms with Crippen molar-refractivity contribution in [3.8, 4) is 0 Å². The fourth-order valence-electron chi connectivity index (χ4n) is 1.31. The molecule has 1 rings (SSSR count). The van der Waals surface area contributed by atoms with Crippen LogP contribution in [0.1, 0.15) is 6.92 Å². The number of para-hydroxylation sites is 2. The van der Waals surface area contributed by atoms with Crippen molar-refractivity contribution in [2.24, 2.45) is 0 Å². The highest BCUT2D eigenvalue weighted by Gasteiger charge is 2.17. The van der Waals surface area contributed by atoms with Crippen LogP contribution in [0.4, 0.5) is 11.4 Å². The highest BCUT2D eigenvalue weighted by atomic mass is 16.7. The van der Waals surface area contributed by atoms with Gasteiger partial charge in [-0.3, -0.25) is 15.0 Å². The molecule has 0 radical (unpaired) electrons. The Labute approximate surface area is 93.2 Å². The van der Waals surface area contributed by atoms with Gasteiger partial charge in [-0.05, 0) is 13.0 Å². The third-order valence-corrected chi connectivity index (χ3v) is 1.97. The summed E-state index contributed by atoms with van der Waals surface area (Å²) in [5.74, 6) is 0. The van der Waals surface area contributed by atoms with Crippen LogP contribution in [0.5, 0.6) is 0 Å². The number of hydrogen-bond acceptors (Lipinski definition) is 5. The van der Waals surface area contributed by atoms with Gasteiger partial charge in [-0.1, -0.05) is 12.1 Å². The van der Waals surface area contributed by atoms with Crippen LogP contribution in [0.15, 0.2) is 24.3 Å². The normalized spacial score (nSPS) is 10.1. The average Bonchev–Trinajstić information content (AvgIpc) is 2.30. The minimum absolute atomic E-state index is 0.0118. The van der Waals surface area contributed by atoms with Gasteiger partial charge in [0, 0.05) is 12.6 Å². The van der Waals surface area contributed by atoms with E-state index in [1.807, 2.05) is 6.92 Å². The molecule has 0 atom stereocenters. The molecule has 0 saturated carbocycles. The molecule has 0 aliphatic carbocycles. The second-order valence-electron chi connectivity index (χ2n) is 3.00. The number of rotatable bonds is 6. The standard InChI is InChI=1S/C10H14N2O4/c1-2-11(16-8-7-13)9-5-3-4-6-10(9)12(14)15/h3-6,13H,2,7-8H2,1H3. The maximum atomic E-state index is 10.8. The van der Waals surface area contributed by atoms with E-state index in [0.717, 1.165) is 0 Å². The minimum atomic E-state index is -0.458. The first-order chi connectivity index (χ1) is 7.70. The zero-order valence-corrected chi connectivity index (χ0v) is 9.00. The Morgan fingerprint density at radius 1 is 1.50 bits per heavy atom. The molecule has 0 aromatic heterocycles. The lowest BCUT2D eigenvalue weighted by molar-refractivity contribution is -0.384. The maximum Gasteiger partial charge on any atom is 0.294 e. The Balaban J connectivity index is 2.94. The topological polar surface area (TPSA) is 75.8 Å². The van der Waals surface area contributed by atoms with Crippen LogP contribution < -0.4 is 5.06 Å². The van der Waals surface area contributed by atoms with E-state index in [-0.39, 0.29) is 18.9 Å². The van der Waals surface area contributed by atoms with Crippen LogP contribution in [0.3, 0.4) is 0 Å². The van der Waals surface area contributed by atoms with Gasteiger partial charge in [-0.25, -0.2) is 5.06 Å². The van der Waals surface area contributed by atoms with E-state index in [9.17, 15) is 10.1 Å². The number of aliphatic hydroxyl groups is 1. The van der Waals surface area contributed by atoms with Gasteiger partial charge in [0.15, 0.2) is 0 Å². The zero-order valence-electron chi connectivity index (χ0n) is 9.00. The molecule has 0 fully saturated rings. The predicted molar refractivity (Wildman–Crippen MR) is 59.2 cm³/mol. The Morgan fingerprint density at radius 2 is 2.19 bits per heavy atom. The Hall–Kier alpha value is -1.66. The molecule has 0 saturated heterocycles. The predicted octanol–water partition coefficient (Wildman–Crippen LogP) is 1.34. The SMILES string of the molecule is CCN(OCCO)c1ccccc1[N+](=O)[O-]. The van der Waals surface area contributed by atoms with Crippen LogP contribution in [0.25, 0.3) is 0 Å². The summed E-state index contributed by atoms with van der Waals surface area (Å²) in [5, 5.41) is 20.8. The average molecular weight is 226 g/mol. The first kappa shape index (κ1) is 12.4. The highest BCUT2D eigenvalue weighted by molar-refractivity contribution is 5.61. The lowest BCUT2D eigenvalue weighted by atomic mass is 10.2. The van der Waals surface area contributed by atoms with E-state index in [1.54, 1.807) is 18.2 Å². The fraction of sp³-hybridized carbons (Fsp3) is 0.400. The van der Waals surface area contributed by atoms with E-state index in [2.05, 4.69) is 0 Å². The summed E-state index contributed by atoms with van der Waals surface area (Å²) in [6.07, 6.45) is 0. The molecule has 0 bridgehead atoms. The second-order valence-corrected chi connectivity index (χ2v) is 3.00. The fourth-order valence-corrected chi connectivity index (χ4v) is 1.31. The molecule has 0 unspecified atom stereocenters. The number of hydrogen-bond donors (Lipinski definition) is 1. The van der Waals surface area contributed by atoms with E-state index in [4.69, 9.17) is 9.94 Å². The van der Waals surface area contributed by atoms with Crippen LogP contribution >= 0.6 is 0 Å². The molecule has 1 aromatic carbocycles. The second kappa shape index (κ2) is 6.04. The van der Waals surface area contributed by atoms with Crippen molar-refractivity contribution in [3.63, 3.8) is 0 Å². The summed E-state index contributed by atoms with van der Waals surface area (Å²) in [6.45, 7) is 2.26. The van der Waals surface area contributed by atoms with Gasteiger partial charge in [0.05, 0.1) is 18.1 Å². The number of nitro benzene ring substituents is 1. The molecule has 88 valence electrons. The molecule has 0 aliphatic heterocycles. The number of benzene rings is 1. The summed E-state index contributed by atoms with van der Waals surface area (Å²) in [4.78, 5) is 15.5. The van der Waals surface area contributed by atoms with Crippen molar-refractivity contribution in [2.75, 3.05) is 24.8 Å². The number of nitro groups is 1. The van der Waals surface area contributed by atoms with Gasteiger partial charge >= 0.3 is 0 Å². The largest absolute Gasteiger partial charge is 0.394 e. The van der Waals surface area contributed by atoms with Crippen molar-refractivity contribution in [1.82, 2.24) is 0 Å². The Bertz CT molecular complexity index is 356. The molecular formula is C10H14N2O4. The van der Waals surface area contributed by atoms with Crippen LogP contribution in [-0.2, 0) is 4.84 Å². The number of nitrogens with zero attached hydrogens (tertiary/aromatic N) is 2. The number of anilines is 1. The van der Waals surface area contributed by atoms with Crippen molar-refractivity contribution in [1.29, 1.82) is 0 Å². The summed E-state index contributed by atoms with van der Waals surface area (Å²) in [7, 11) is 0. The van der Waals surface area contributed by atoms with Gasteiger partial charge in [0.1, 0.15) is 5.69 Å². The highest BCUT2D eigenvalue weighted by Crippen LogP contribution is 2.27. The number of hydroxylamine groups is 1. The summed E-state index contributed by atoms with van der Waals surface area (Å²) in [6, 6.07) is 6.33. The molecule has 0 amide bonds. The van der Waals surface area contributed by atoms with Crippen molar-refractivity contribution >= 4 is 11.4 Å². The third-order valence-electron chi connectivity index (χ3n) is 1.97. The molecule has 0 spiro atoms. The molecule has 16 heavy (non-hydrogen) atoms. The van der Waals surface area contributed by atoms with Crippen molar-refractivity contribution < 1.29 is 14.9 Å². The van der Waals surface area contributed by atoms with Crippen LogP contribution in [-0.4, -0.2) is 29.8 Å². The van der Waals surface area contributed by atoms with E-state index in [1.165, 1.54) is 11.1 Å². The molecule has 1 N–H and O–H groups in total. The lowest BCUT2D eigenvalue weighted by Gasteiger charge is -2.21. The third kappa shape index (κ3) is 2.91. The first-order valence-electron chi connectivity index (χ1n) is 4.95. The van der Waals surface area contributed by atoms with Gasteiger partial charge < -0.3 is 5.11 Å². The zero-order chi connectivity index (χ0) is 12.0. The van der Waals surface area contributed by atoms with Crippen molar-refractivity contribution in [2.45, 2.75) is 6.92 Å². The van der Waals surface area contributed by atoms with Crippen molar-refractivity contribution in [3.05, 3.63) is 34.4 Å². The van der Waals surface area contributed by atoms with Gasteiger partial charge in [-0.2, -0.15) is 0 Å². The van der Waals surface area contributed by atoms with Crippen LogP contribution in [0.2, 0.25) is 0 Å². The quantitative estimate of drug-likeness (QED) is 0.585. The van der Waals surface area contributed by atoms with Gasteiger partial charge in [0.25, 0.3) is 5.69 Å². The number of aliphatic hydroxyl groups excluding tert-OH is 1. The Morgan fingerprint density at radius 3 is 2.75 bits per heavy atom. The maximum absolute atomic E-state index is 10.8. The minimum Gasteiger partial charge on any atom is -0.394 e. The van der Waals surface area contributed by atoms with Crippen LogP contribution in [0, 0.1) is 10.1 Å². The molecule has 1 aromatic rings. The molecule has 0 aliphatic rings. The summed E-state index contributed by atoms with van der Waals surface area (Å²) >= 11 is 0. The molecule has 6 nitrogen and oxygen atoms in total. The van der Waals surface area contributed by atoms with E-state index < -0.39 is 4.92 Å². The first-order valence-corrected chi connectivity index (χ1v) is 4.95. The summed E-state index contributed by atoms with van der Waals surface area (Å²) < 4.78 is 0. The van der Waals surface area contributed by atoms with Gasteiger partial charge in [-0.15, -0.1) is 0 Å². The summed E-state index contributed by atoms with van der Waals surface area (Å²) in [5.41, 5.74) is 0.380. The lowest BCUT2D eigenvalue weighted by Crippen LogP contribution is -2.25. The molecule has 0 heterocycles. The Kier molecular flexibility index (Phi) is 4.68. The van der Waals surface area contributed by atoms with E-state index in [0.29, 0.717) is 12.2 Å². The molecular weight excluding hydrogens is 212 g/mol.